The van der Waals surface area contributed by atoms with E-state index in [0.29, 0.717) is 12.8 Å². The largest absolute Gasteiger partial charge is 0.456 e. The normalized spacial score (nSPS) is 39.7. The summed E-state index contributed by atoms with van der Waals surface area (Å²) in [7, 11) is 1.36. The highest BCUT2D eigenvalue weighted by atomic mass is 16.6. The van der Waals surface area contributed by atoms with E-state index in [1.807, 2.05) is 13.0 Å². The van der Waals surface area contributed by atoms with E-state index in [2.05, 4.69) is 6.92 Å². The predicted octanol–water partition coefficient (Wildman–Crippen LogP) is 2.72. The van der Waals surface area contributed by atoms with E-state index in [0.717, 1.165) is 18.4 Å². The monoisotopic (exact) mass is 488 g/mol. The standard InChI is InChI=1S/C27H36O8/c1-5-22(31)35-27(21(30)14-34-23(32)15-33-4)11-9-19-18-7-6-16-12-17(28)8-10-25(16,2)24(18)20(29)13-26(19,27)3/h8,10,12,18-20,24,29H,5-7,9,11,13-15H2,1-4H3/t18-,19-,20-,24+,25-,26-,27-/m0/s1. The number of carbonyl (C=O) groups is 4. The molecule has 1 N–H and O–H groups in total. The fourth-order valence-corrected chi connectivity index (χ4v) is 7.68. The molecule has 0 bridgehead atoms. The van der Waals surface area contributed by atoms with Crippen LogP contribution >= 0.6 is 0 Å². The van der Waals surface area contributed by atoms with Gasteiger partial charge >= 0.3 is 11.9 Å². The third-order valence-electron chi connectivity index (χ3n) is 9.27. The number of hydrogen-bond acceptors (Lipinski definition) is 8. The van der Waals surface area contributed by atoms with Gasteiger partial charge in [0, 0.05) is 30.3 Å². The first-order chi connectivity index (χ1) is 16.5. The molecule has 3 saturated carbocycles. The first kappa shape index (κ1) is 25.8. The molecule has 3 fully saturated rings. The Labute approximate surface area is 206 Å². The number of esters is 2. The van der Waals surface area contributed by atoms with Crippen LogP contribution < -0.4 is 0 Å². The summed E-state index contributed by atoms with van der Waals surface area (Å²) in [5.41, 5.74) is -1.66. The van der Waals surface area contributed by atoms with Crippen molar-refractivity contribution in [3.8, 4) is 0 Å². The lowest BCUT2D eigenvalue weighted by atomic mass is 9.46. The Kier molecular flexibility index (Phi) is 6.83. The lowest BCUT2D eigenvalue weighted by molar-refractivity contribution is -0.201. The van der Waals surface area contributed by atoms with Crippen molar-refractivity contribution >= 4 is 23.5 Å². The SMILES string of the molecule is CCC(=O)O[C@]1(C(=O)COC(=O)COC)CC[C@H]2[C@@H]3CCC4=CC(=O)C=C[C@]4(C)[C@H]3[C@@H](O)C[C@@]21C. The summed E-state index contributed by atoms with van der Waals surface area (Å²) in [6, 6.07) is 0. The number of ether oxygens (including phenoxy) is 3. The van der Waals surface area contributed by atoms with Crippen LogP contribution in [0.3, 0.4) is 0 Å². The van der Waals surface area contributed by atoms with Crippen LogP contribution in [0.2, 0.25) is 0 Å². The maximum Gasteiger partial charge on any atom is 0.332 e. The number of allylic oxidation sites excluding steroid dienone is 4. The summed E-state index contributed by atoms with van der Waals surface area (Å²) >= 11 is 0. The van der Waals surface area contributed by atoms with Crippen molar-refractivity contribution in [2.45, 2.75) is 71.0 Å². The van der Waals surface area contributed by atoms with Gasteiger partial charge in [-0.2, -0.15) is 0 Å². The molecule has 0 aromatic heterocycles. The number of fused-ring (bicyclic) bond motifs is 5. The third kappa shape index (κ3) is 3.99. The van der Waals surface area contributed by atoms with Crippen LogP contribution in [0.5, 0.6) is 0 Å². The second kappa shape index (κ2) is 9.28. The topological polar surface area (TPSA) is 116 Å². The fraction of sp³-hybridized carbons (Fsp3) is 0.704. The van der Waals surface area contributed by atoms with E-state index in [4.69, 9.17) is 14.2 Å². The molecule has 4 aliphatic rings. The summed E-state index contributed by atoms with van der Waals surface area (Å²) in [5.74, 6) is -1.61. The van der Waals surface area contributed by atoms with E-state index in [-0.39, 0.29) is 43.0 Å². The van der Waals surface area contributed by atoms with Crippen LogP contribution in [-0.4, -0.2) is 60.6 Å². The first-order valence-corrected chi connectivity index (χ1v) is 12.5. The molecule has 7 atom stereocenters. The van der Waals surface area contributed by atoms with Crippen molar-refractivity contribution in [3.63, 3.8) is 0 Å². The molecule has 0 spiro atoms. The van der Waals surface area contributed by atoms with Gasteiger partial charge in [-0.1, -0.05) is 32.4 Å². The average Bonchev–Trinajstić information content (AvgIpc) is 3.10. The molecule has 0 amide bonds. The summed E-state index contributed by atoms with van der Waals surface area (Å²) in [4.78, 5) is 50.1. The minimum Gasteiger partial charge on any atom is -0.456 e. The molecule has 0 aliphatic heterocycles. The van der Waals surface area contributed by atoms with Gasteiger partial charge in [-0.05, 0) is 56.1 Å². The van der Waals surface area contributed by atoms with Gasteiger partial charge in [0.1, 0.15) is 6.61 Å². The molecular formula is C27H36O8. The highest BCUT2D eigenvalue weighted by Crippen LogP contribution is 2.67. The van der Waals surface area contributed by atoms with Crippen LogP contribution in [0.15, 0.2) is 23.8 Å². The predicted molar refractivity (Wildman–Crippen MR) is 125 cm³/mol. The highest BCUT2D eigenvalue weighted by Gasteiger charge is 2.70. The third-order valence-corrected chi connectivity index (χ3v) is 9.27. The van der Waals surface area contributed by atoms with Crippen LogP contribution in [0, 0.1) is 28.6 Å². The summed E-state index contributed by atoms with van der Waals surface area (Å²) in [5, 5.41) is 11.6. The minimum atomic E-state index is -1.47. The molecule has 192 valence electrons. The zero-order chi connectivity index (χ0) is 25.6. The lowest BCUT2D eigenvalue weighted by Crippen LogP contribution is -2.63. The summed E-state index contributed by atoms with van der Waals surface area (Å²) in [6.07, 6.45) is 7.39. The van der Waals surface area contributed by atoms with E-state index in [1.165, 1.54) is 7.11 Å². The minimum absolute atomic E-state index is 0.0222. The number of hydrogen-bond donors (Lipinski definition) is 1. The van der Waals surface area contributed by atoms with Gasteiger partial charge in [0.15, 0.2) is 18.0 Å². The quantitative estimate of drug-likeness (QED) is 0.544. The van der Waals surface area contributed by atoms with Crippen molar-refractivity contribution < 1.29 is 38.5 Å². The molecule has 35 heavy (non-hydrogen) atoms. The number of carbonyl (C=O) groups excluding carboxylic acids is 4. The van der Waals surface area contributed by atoms with Crippen molar-refractivity contribution in [1.82, 2.24) is 0 Å². The maximum atomic E-state index is 13.6. The number of ketones is 2. The molecule has 4 rings (SSSR count). The maximum absolute atomic E-state index is 13.6. The molecule has 0 heterocycles. The Morgan fingerprint density at radius 2 is 1.89 bits per heavy atom. The first-order valence-electron chi connectivity index (χ1n) is 12.5. The van der Waals surface area contributed by atoms with Gasteiger partial charge in [0.2, 0.25) is 5.78 Å². The van der Waals surface area contributed by atoms with Crippen LogP contribution in [0.25, 0.3) is 0 Å². The zero-order valence-electron chi connectivity index (χ0n) is 21.0. The summed E-state index contributed by atoms with van der Waals surface area (Å²) < 4.78 is 15.9. The fourth-order valence-electron chi connectivity index (χ4n) is 7.68. The van der Waals surface area contributed by atoms with E-state index in [1.54, 1.807) is 19.1 Å². The Morgan fingerprint density at radius 3 is 2.57 bits per heavy atom. The second-order valence-electron chi connectivity index (χ2n) is 10.9. The van der Waals surface area contributed by atoms with E-state index >= 15 is 0 Å². The van der Waals surface area contributed by atoms with Crippen molar-refractivity contribution in [2.75, 3.05) is 20.3 Å². The van der Waals surface area contributed by atoms with Crippen molar-refractivity contribution in [1.29, 1.82) is 0 Å². The van der Waals surface area contributed by atoms with Gasteiger partial charge in [-0.15, -0.1) is 0 Å². The van der Waals surface area contributed by atoms with Crippen molar-refractivity contribution in [3.05, 3.63) is 23.8 Å². The van der Waals surface area contributed by atoms with E-state index < -0.39 is 46.9 Å². The number of methoxy groups -OCH3 is 1. The Balaban J connectivity index is 1.68. The smallest absolute Gasteiger partial charge is 0.332 e. The molecule has 0 unspecified atom stereocenters. The lowest BCUT2D eigenvalue weighted by Gasteiger charge is -2.59. The van der Waals surface area contributed by atoms with Gasteiger partial charge in [0.05, 0.1) is 6.10 Å². The molecular weight excluding hydrogens is 452 g/mol. The Bertz CT molecular complexity index is 982. The van der Waals surface area contributed by atoms with Gasteiger partial charge in [0.25, 0.3) is 0 Å². The van der Waals surface area contributed by atoms with E-state index in [9.17, 15) is 24.3 Å². The molecule has 0 saturated heterocycles. The summed E-state index contributed by atoms with van der Waals surface area (Å²) in [6.45, 7) is 4.91. The molecule has 8 heteroatoms. The molecule has 0 aromatic rings. The highest BCUT2D eigenvalue weighted by molar-refractivity contribution is 6.01. The number of aliphatic hydroxyl groups is 1. The molecule has 4 aliphatic carbocycles. The Morgan fingerprint density at radius 1 is 1.14 bits per heavy atom. The van der Waals surface area contributed by atoms with Gasteiger partial charge in [-0.3, -0.25) is 14.4 Å². The van der Waals surface area contributed by atoms with Crippen LogP contribution in [-0.2, 0) is 33.4 Å². The second-order valence-corrected chi connectivity index (χ2v) is 10.9. The van der Waals surface area contributed by atoms with Crippen molar-refractivity contribution in [2.24, 2.45) is 28.6 Å². The number of Topliss-reactive ketones (excluding diaryl/α,β-unsaturated/α-hetero) is 1. The van der Waals surface area contributed by atoms with Crippen LogP contribution in [0.1, 0.15) is 59.3 Å². The molecule has 0 aromatic carbocycles. The number of aliphatic hydroxyl groups excluding tert-OH is 1. The van der Waals surface area contributed by atoms with Gasteiger partial charge < -0.3 is 19.3 Å². The van der Waals surface area contributed by atoms with Gasteiger partial charge in [-0.25, -0.2) is 4.79 Å². The molecule has 0 radical (unpaired) electrons. The zero-order valence-corrected chi connectivity index (χ0v) is 21.0. The average molecular weight is 489 g/mol. The Hall–Kier alpha value is -2.32. The van der Waals surface area contributed by atoms with Crippen LogP contribution in [0.4, 0.5) is 0 Å². The number of rotatable bonds is 7. The molecule has 8 nitrogen and oxygen atoms in total.